The van der Waals surface area contributed by atoms with Crippen LogP contribution < -0.4 is 0 Å². The Kier molecular flexibility index (Phi) is 8.32. The van der Waals surface area contributed by atoms with Crippen molar-refractivity contribution in [3.63, 3.8) is 0 Å². The molecule has 0 aromatic rings. The first-order valence-corrected chi connectivity index (χ1v) is 7.68. The first-order valence-electron chi connectivity index (χ1n) is 7.68. The highest BCUT2D eigenvalue weighted by molar-refractivity contribution is 5.69. The minimum Gasteiger partial charge on any atom is -0.459 e. The van der Waals surface area contributed by atoms with E-state index >= 15 is 0 Å². The van der Waals surface area contributed by atoms with E-state index in [0.29, 0.717) is 0 Å². The zero-order valence-corrected chi connectivity index (χ0v) is 15.0. The Bertz CT molecular complexity index is 697. The van der Waals surface area contributed by atoms with Gasteiger partial charge < -0.3 is 9.84 Å². The molecule has 0 aromatic heterocycles. The first-order chi connectivity index (χ1) is 14.2. The number of hydrogen-bond acceptors (Lipinski definition) is 3. The summed E-state index contributed by atoms with van der Waals surface area (Å²) in [5, 5.41) is 8.30. The van der Waals surface area contributed by atoms with Gasteiger partial charge in [0.2, 0.25) is 0 Å². The highest BCUT2D eigenvalue weighted by Crippen LogP contribution is 2.63. The topological polar surface area (TPSA) is 46.5 Å². The van der Waals surface area contributed by atoms with Crippen molar-refractivity contribution < 1.29 is 89.3 Å². The molecule has 0 aromatic carbocycles. The quantitative estimate of drug-likeness (QED) is 0.288. The van der Waals surface area contributed by atoms with Gasteiger partial charge in [-0.05, 0) is 6.42 Å². The summed E-state index contributed by atoms with van der Waals surface area (Å²) >= 11 is 0. The minimum absolute atomic E-state index is 0.594. The second-order valence-corrected chi connectivity index (χ2v) is 6.14. The van der Waals surface area contributed by atoms with Crippen LogP contribution in [0, 0.1) is 0 Å². The predicted octanol–water partition coefficient (Wildman–Crippen LogP) is 5.31. The molecule has 0 unspecified atom stereocenters. The molecule has 0 rings (SSSR count). The molecule has 0 aliphatic rings. The van der Waals surface area contributed by atoms with Crippen LogP contribution in [0.25, 0.3) is 0 Å². The molecule has 0 radical (unpaired) electrons. The Morgan fingerprint density at radius 2 is 0.909 bits per heavy atom. The van der Waals surface area contributed by atoms with Crippen molar-refractivity contribution in [3.8, 4) is 0 Å². The molecule has 0 saturated heterocycles. The van der Waals surface area contributed by atoms with Gasteiger partial charge in [-0.15, -0.1) is 0 Å². The minimum atomic E-state index is -8.71. The largest absolute Gasteiger partial charge is 0.460 e. The second-order valence-electron chi connectivity index (χ2n) is 6.14. The van der Waals surface area contributed by atoms with Crippen LogP contribution in [0.2, 0.25) is 0 Å². The molecule has 3 nitrogen and oxygen atoms in total. The first kappa shape index (κ1) is 31.2. The Morgan fingerprint density at radius 3 is 1.24 bits per heavy atom. The summed E-state index contributed by atoms with van der Waals surface area (Å²) in [4.78, 5) is 10.9. The fraction of sp³-hybridized carbons (Fsp3) is 0.923. The van der Waals surface area contributed by atoms with Crippen molar-refractivity contribution in [1.29, 1.82) is 0 Å². The molecule has 0 amide bonds. The summed E-state index contributed by atoms with van der Waals surface area (Å²) < 4.78 is 224. The fourth-order valence-corrected chi connectivity index (χ4v) is 1.75. The van der Waals surface area contributed by atoms with Gasteiger partial charge in [0.25, 0.3) is 0 Å². The van der Waals surface area contributed by atoms with Crippen LogP contribution in [0.4, 0.5) is 74.6 Å². The Morgan fingerprint density at radius 1 is 0.576 bits per heavy atom. The van der Waals surface area contributed by atoms with Gasteiger partial charge in [0.15, 0.2) is 6.61 Å². The van der Waals surface area contributed by atoms with E-state index in [4.69, 9.17) is 5.11 Å². The van der Waals surface area contributed by atoms with E-state index in [9.17, 15) is 79.4 Å². The Labute approximate surface area is 170 Å². The molecule has 0 atom stereocenters. The summed E-state index contributed by atoms with van der Waals surface area (Å²) in [5.41, 5.74) is 0. The van der Waals surface area contributed by atoms with Gasteiger partial charge in [-0.2, -0.15) is 74.6 Å². The number of ether oxygens (including phenoxy) is 1. The molecular weight excluding hydrogens is 527 g/mol. The van der Waals surface area contributed by atoms with Gasteiger partial charge in [-0.25, -0.2) is 0 Å². The van der Waals surface area contributed by atoms with E-state index < -0.39 is 79.7 Å². The Hall–Kier alpha value is -1.76. The molecule has 0 aliphatic heterocycles. The Balaban J connectivity index is 6.34. The molecule has 0 saturated carbocycles. The van der Waals surface area contributed by atoms with Gasteiger partial charge in [0, 0.05) is 13.0 Å². The molecule has 0 heterocycles. The molecule has 1 N–H and O–H groups in total. The highest BCUT2D eigenvalue weighted by Gasteiger charge is 2.95. The van der Waals surface area contributed by atoms with Crippen molar-refractivity contribution >= 4 is 5.97 Å². The summed E-state index contributed by atoms with van der Waals surface area (Å²) in [6.45, 7) is -4.12. The third-order valence-corrected chi connectivity index (χ3v) is 3.74. The number of halogens is 17. The standard InChI is InChI=1S/C13H9F17O3/c14-6(15,4-33-5(32)2-1-3-31)7(16,17)8(18,19)9(20,21)10(22,23)11(24,25)12(26,27)13(28,29)30/h31H,1-4H2. The van der Waals surface area contributed by atoms with Crippen LogP contribution in [-0.2, 0) is 9.53 Å². The van der Waals surface area contributed by atoms with E-state index in [0.717, 1.165) is 0 Å². The number of rotatable bonds is 11. The number of aliphatic hydroxyl groups excluding tert-OH is 1. The summed E-state index contributed by atoms with van der Waals surface area (Å²) in [7, 11) is 0. The molecule has 0 fully saturated rings. The van der Waals surface area contributed by atoms with Crippen molar-refractivity contribution in [1.82, 2.24) is 0 Å². The third-order valence-electron chi connectivity index (χ3n) is 3.74. The van der Waals surface area contributed by atoms with Gasteiger partial charge in [0.05, 0.1) is 0 Å². The molecule has 33 heavy (non-hydrogen) atoms. The molecule has 0 aliphatic carbocycles. The highest BCUT2D eigenvalue weighted by atomic mass is 19.4. The maximum atomic E-state index is 13.4. The van der Waals surface area contributed by atoms with Gasteiger partial charge in [-0.3, -0.25) is 4.79 Å². The van der Waals surface area contributed by atoms with E-state index in [1.165, 1.54) is 0 Å². The second kappa shape index (κ2) is 8.79. The van der Waals surface area contributed by atoms with E-state index in [1.54, 1.807) is 0 Å². The summed E-state index contributed by atoms with van der Waals surface area (Å²) in [5.74, 6) is -59.3. The van der Waals surface area contributed by atoms with Gasteiger partial charge in [0.1, 0.15) is 0 Å². The average Bonchev–Trinajstić information content (AvgIpc) is 2.62. The average molecular weight is 536 g/mol. The third kappa shape index (κ3) is 4.75. The summed E-state index contributed by atoms with van der Waals surface area (Å²) in [6, 6.07) is 0. The molecule has 198 valence electrons. The van der Waals surface area contributed by atoms with Crippen molar-refractivity contribution in [2.45, 2.75) is 60.5 Å². The molecule has 0 bridgehead atoms. The van der Waals surface area contributed by atoms with Crippen molar-refractivity contribution in [2.24, 2.45) is 0 Å². The molecule has 0 spiro atoms. The number of esters is 1. The number of alkyl halides is 17. The van der Waals surface area contributed by atoms with Crippen LogP contribution in [0.15, 0.2) is 0 Å². The monoisotopic (exact) mass is 536 g/mol. The van der Waals surface area contributed by atoms with Crippen molar-refractivity contribution in [2.75, 3.05) is 13.2 Å². The fourth-order valence-electron chi connectivity index (χ4n) is 1.75. The lowest BCUT2D eigenvalue weighted by Crippen LogP contribution is -2.74. The van der Waals surface area contributed by atoms with Crippen LogP contribution in [-0.4, -0.2) is 71.9 Å². The normalized spacial score (nSPS) is 15.6. The lowest BCUT2D eigenvalue weighted by atomic mass is 9.89. The smallest absolute Gasteiger partial charge is 0.459 e. The van der Waals surface area contributed by atoms with Crippen LogP contribution in [0.3, 0.4) is 0 Å². The summed E-state index contributed by atoms with van der Waals surface area (Å²) in [6.07, 6.45) is -9.47. The lowest BCUT2D eigenvalue weighted by Gasteiger charge is -2.42. The van der Waals surface area contributed by atoms with Gasteiger partial charge >= 0.3 is 53.6 Å². The van der Waals surface area contributed by atoms with Gasteiger partial charge in [-0.1, -0.05) is 0 Å². The molecule has 20 heteroatoms. The van der Waals surface area contributed by atoms with Crippen LogP contribution >= 0.6 is 0 Å². The van der Waals surface area contributed by atoms with E-state index in [1.807, 2.05) is 0 Å². The van der Waals surface area contributed by atoms with Crippen LogP contribution in [0.1, 0.15) is 12.8 Å². The number of aliphatic hydroxyl groups is 1. The number of carbonyl (C=O) groups is 1. The maximum absolute atomic E-state index is 13.4. The lowest BCUT2D eigenvalue weighted by molar-refractivity contribution is -0.462. The zero-order chi connectivity index (χ0) is 27.1. The van der Waals surface area contributed by atoms with E-state index in [-0.39, 0.29) is 0 Å². The SMILES string of the molecule is O=C(CCCO)OCC(F)(F)C(F)(F)C(F)(F)C(F)(F)C(F)(F)C(F)(F)C(F)(F)C(F)(F)F. The maximum Gasteiger partial charge on any atom is 0.460 e. The van der Waals surface area contributed by atoms with Crippen molar-refractivity contribution in [3.05, 3.63) is 0 Å². The van der Waals surface area contributed by atoms with Crippen LogP contribution in [0.5, 0.6) is 0 Å². The predicted molar refractivity (Wildman–Crippen MR) is 68.0 cm³/mol. The van der Waals surface area contributed by atoms with E-state index in [2.05, 4.69) is 4.74 Å². The zero-order valence-electron chi connectivity index (χ0n) is 15.0. The number of carbonyl (C=O) groups excluding carboxylic acids is 1. The number of hydrogen-bond donors (Lipinski definition) is 1. The molecular formula is C13H9F17O3.